The number of aromatic nitrogens is 2. The van der Waals surface area contributed by atoms with Gasteiger partial charge in [-0.2, -0.15) is 0 Å². The average Bonchev–Trinajstić information content (AvgIpc) is 2.97. The molecule has 120 valence electrons. The predicted molar refractivity (Wildman–Crippen MR) is 86.3 cm³/mol. The second-order valence-electron chi connectivity index (χ2n) is 6.11. The molecule has 1 fully saturated rings. The maximum absolute atomic E-state index is 5.95. The molecular weight excluding hydrogens is 262 g/mol. The molecule has 0 radical (unpaired) electrons. The van der Waals surface area contributed by atoms with Crippen LogP contribution in [0.15, 0.2) is 12.4 Å². The summed E-state index contributed by atoms with van der Waals surface area (Å²) in [6, 6.07) is 0.199. The van der Waals surface area contributed by atoms with E-state index < -0.39 is 0 Å². The van der Waals surface area contributed by atoms with Gasteiger partial charge in [0.05, 0.1) is 12.1 Å². The topological polar surface area (TPSA) is 39.1 Å². The molecule has 0 bridgehead atoms. The minimum Gasteiger partial charge on any atom is -0.379 e. The van der Waals surface area contributed by atoms with Gasteiger partial charge in [0.25, 0.3) is 0 Å². The lowest BCUT2D eigenvalue weighted by Crippen LogP contribution is -2.40. The van der Waals surface area contributed by atoms with Crippen LogP contribution in [0.25, 0.3) is 0 Å². The Balaban J connectivity index is 2.20. The molecule has 4 nitrogen and oxygen atoms in total. The summed E-state index contributed by atoms with van der Waals surface area (Å²) in [4.78, 5) is 4.64. The van der Waals surface area contributed by atoms with Gasteiger partial charge in [0, 0.05) is 26.0 Å². The zero-order chi connectivity index (χ0) is 15.1. The van der Waals surface area contributed by atoms with E-state index in [0.29, 0.717) is 5.92 Å². The zero-order valence-electron chi connectivity index (χ0n) is 13.8. The fraction of sp³-hybridized carbons (Fsp3) is 0.824. The number of aryl methyl sites for hydroxylation is 1. The molecule has 1 aromatic rings. The van der Waals surface area contributed by atoms with Gasteiger partial charge in [-0.3, -0.25) is 0 Å². The molecule has 1 aromatic heterocycles. The summed E-state index contributed by atoms with van der Waals surface area (Å²) in [6.45, 7) is 6.34. The lowest BCUT2D eigenvalue weighted by molar-refractivity contribution is 0.00489. The Morgan fingerprint density at radius 1 is 1.33 bits per heavy atom. The highest BCUT2D eigenvalue weighted by molar-refractivity contribution is 5.04. The average molecular weight is 293 g/mol. The Bertz CT molecular complexity index is 398. The smallest absolute Gasteiger partial charge is 0.128 e. The van der Waals surface area contributed by atoms with Gasteiger partial charge in [-0.05, 0) is 31.7 Å². The monoisotopic (exact) mass is 293 g/mol. The molecule has 21 heavy (non-hydrogen) atoms. The Labute approximate surface area is 129 Å². The fourth-order valence-electron chi connectivity index (χ4n) is 3.67. The van der Waals surface area contributed by atoms with E-state index in [-0.39, 0.29) is 12.1 Å². The third kappa shape index (κ3) is 4.07. The first-order valence-electron chi connectivity index (χ1n) is 8.59. The molecule has 1 heterocycles. The van der Waals surface area contributed by atoms with Crippen molar-refractivity contribution in [1.29, 1.82) is 0 Å². The summed E-state index contributed by atoms with van der Waals surface area (Å²) in [6.07, 6.45) is 12.0. The number of hydrogen-bond donors (Lipinski definition) is 1. The summed E-state index contributed by atoms with van der Waals surface area (Å²) in [5.74, 6) is 1.79. The first-order chi connectivity index (χ1) is 10.3. The van der Waals surface area contributed by atoms with Gasteiger partial charge in [0.2, 0.25) is 0 Å². The molecule has 2 rings (SSSR count). The number of methoxy groups -OCH3 is 1. The number of rotatable bonds is 8. The van der Waals surface area contributed by atoms with Crippen LogP contribution < -0.4 is 5.32 Å². The molecule has 0 aromatic carbocycles. The number of nitrogens with zero attached hydrogens (tertiary/aromatic N) is 2. The van der Waals surface area contributed by atoms with Crippen molar-refractivity contribution in [1.82, 2.24) is 14.9 Å². The summed E-state index contributed by atoms with van der Waals surface area (Å²) in [5.41, 5.74) is 0. The third-order valence-corrected chi connectivity index (χ3v) is 4.63. The SMILES string of the molecule is CCCn1ccnc1C(NCC)C(OC)C1CCCCC1. The Morgan fingerprint density at radius 3 is 2.71 bits per heavy atom. The van der Waals surface area contributed by atoms with Crippen LogP contribution in [-0.2, 0) is 11.3 Å². The van der Waals surface area contributed by atoms with Crippen LogP contribution >= 0.6 is 0 Å². The molecular formula is C17H31N3O. The number of likely N-dealkylation sites (N-methyl/N-ethyl adjacent to an activating group) is 1. The molecule has 0 spiro atoms. The van der Waals surface area contributed by atoms with Gasteiger partial charge >= 0.3 is 0 Å². The maximum Gasteiger partial charge on any atom is 0.128 e. The highest BCUT2D eigenvalue weighted by Crippen LogP contribution is 2.33. The molecule has 1 N–H and O–H groups in total. The van der Waals surface area contributed by atoms with E-state index in [2.05, 4.69) is 34.9 Å². The standard InChI is InChI=1S/C17H31N3O/c1-4-12-20-13-11-19-17(20)15(18-5-2)16(21-3)14-9-7-6-8-10-14/h11,13-16,18H,4-10,12H2,1-3H3. The maximum atomic E-state index is 5.95. The largest absolute Gasteiger partial charge is 0.379 e. The van der Waals surface area contributed by atoms with E-state index in [1.165, 1.54) is 32.1 Å². The minimum absolute atomic E-state index is 0.199. The van der Waals surface area contributed by atoms with Crippen molar-refractivity contribution in [2.24, 2.45) is 5.92 Å². The van der Waals surface area contributed by atoms with Crippen LogP contribution in [0.4, 0.5) is 0 Å². The highest BCUT2D eigenvalue weighted by Gasteiger charge is 2.33. The fourth-order valence-corrected chi connectivity index (χ4v) is 3.67. The first-order valence-corrected chi connectivity index (χ1v) is 8.59. The van der Waals surface area contributed by atoms with Crippen molar-refractivity contribution in [3.63, 3.8) is 0 Å². The molecule has 1 aliphatic rings. The zero-order valence-corrected chi connectivity index (χ0v) is 13.8. The molecule has 2 atom stereocenters. The van der Waals surface area contributed by atoms with Crippen molar-refractivity contribution >= 4 is 0 Å². The quantitative estimate of drug-likeness (QED) is 0.797. The molecule has 1 aliphatic carbocycles. The van der Waals surface area contributed by atoms with Crippen molar-refractivity contribution in [3.05, 3.63) is 18.2 Å². The van der Waals surface area contributed by atoms with Crippen LogP contribution in [0.2, 0.25) is 0 Å². The number of hydrogen-bond acceptors (Lipinski definition) is 3. The second-order valence-corrected chi connectivity index (χ2v) is 6.11. The van der Waals surface area contributed by atoms with E-state index in [0.717, 1.165) is 25.3 Å². The van der Waals surface area contributed by atoms with Crippen LogP contribution in [0.3, 0.4) is 0 Å². The number of imidazole rings is 1. The predicted octanol–water partition coefficient (Wildman–Crippen LogP) is 3.54. The van der Waals surface area contributed by atoms with E-state index in [9.17, 15) is 0 Å². The van der Waals surface area contributed by atoms with E-state index in [1.54, 1.807) is 0 Å². The van der Waals surface area contributed by atoms with Crippen LogP contribution in [0.5, 0.6) is 0 Å². The van der Waals surface area contributed by atoms with Crippen LogP contribution in [0.1, 0.15) is 64.2 Å². The molecule has 0 saturated heterocycles. The van der Waals surface area contributed by atoms with Crippen LogP contribution in [0, 0.1) is 5.92 Å². The first kappa shape index (κ1) is 16.5. The Kier molecular flexibility index (Phi) is 6.71. The molecule has 2 unspecified atom stereocenters. The van der Waals surface area contributed by atoms with Crippen molar-refractivity contribution in [2.75, 3.05) is 13.7 Å². The third-order valence-electron chi connectivity index (χ3n) is 4.63. The van der Waals surface area contributed by atoms with Gasteiger partial charge in [0.1, 0.15) is 5.82 Å². The van der Waals surface area contributed by atoms with Crippen molar-refractivity contribution in [3.8, 4) is 0 Å². The molecule has 0 aliphatic heterocycles. The molecule has 4 heteroatoms. The van der Waals surface area contributed by atoms with E-state index in [1.807, 2.05) is 13.3 Å². The van der Waals surface area contributed by atoms with E-state index >= 15 is 0 Å². The van der Waals surface area contributed by atoms with Crippen molar-refractivity contribution in [2.45, 2.75) is 71.1 Å². The number of ether oxygens (including phenoxy) is 1. The molecule has 0 amide bonds. The normalized spacial score (nSPS) is 19.6. The minimum atomic E-state index is 0.199. The van der Waals surface area contributed by atoms with Gasteiger partial charge in [-0.15, -0.1) is 0 Å². The Morgan fingerprint density at radius 2 is 2.10 bits per heavy atom. The van der Waals surface area contributed by atoms with Crippen molar-refractivity contribution < 1.29 is 4.74 Å². The second kappa shape index (κ2) is 8.54. The number of nitrogens with one attached hydrogen (secondary N) is 1. The highest BCUT2D eigenvalue weighted by atomic mass is 16.5. The summed E-state index contributed by atoms with van der Waals surface area (Å²) in [5, 5.41) is 3.62. The summed E-state index contributed by atoms with van der Waals surface area (Å²) in [7, 11) is 1.86. The Hall–Kier alpha value is -0.870. The summed E-state index contributed by atoms with van der Waals surface area (Å²) >= 11 is 0. The lowest BCUT2D eigenvalue weighted by Gasteiger charge is -2.35. The molecule has 1 saturated carbocycles. The van der Waals surface area contributed by atoms with Gasteiger partial charge in [-0.25, -0.2) is 4.98 Å². The van der Waals surface area contributed by atoms with Gasteiger partial charge in [-0.1, -0.05) is 33.1 Å². The van der Waals surface area contributed by atoms with E-state index in [4.69, 9.17) is 4.74 Å². The van der Waals surface area contributed by atoms with Gasteiger partial charge < -0.3 is 14.6 Å². The van der Waals surface area contributed by atoms with Crippen LogP contribution in [-0.4, -0.2) is 29.3 Å². The van der Waals surface area contributed by atoms with Gasteiger partial charge in [0.15, 0.2) is 0 Å². The summed E-state index contributed by atoms with van der Waals surface area (Å²) < 4.78 is 8.23. The lowest BCUT2D eigenvalue weighted by atomic mass is 9.82.